The molecule has 2 amide bonds. The van der Waals surface area contributed by atoms with Gasteiger partial charge in [0.2, 0.25) is 11.8 Å². The second-order valence-corrected chi connectivity index (χ2v) is 7.07. The Kier molecular flexibility index (Phi) is 6.22. The number of rotatable bonds is 5. The summed E-state index contributed by atoms with van der Waals surface area (Å²) in [5, 5.41) is 2.93. The Hall–Kier alpha value is -2.69. The maximum absolute atomic E-state index is 13.3. The number of carbonyl (C=O) groups excluding carboxylic acids is 2. The molecule has 3 rings (SSSR count). The SMILES string of the molecule is CC(=O)NC1CCN(C(=O)C[C@@H](c2ccccc2)c2ccc(F)cc2)CC1. The van der Waals surface area contributed by atoms with Gasteiger partial charge in [0.05, 0.1) is 0 Å². The van der Waals surface area contributed by atoms with Crippen LogP contribution in [0.5, 0.6) is 0 Å². The largest absolute Gasteiger partial charge is 0.353 e. The minimum Gasteiger partial charge on any atom is -0.353 e. The number of halogens is 1. The van der Waals surface area contributed by atoms with Gasteiger partial charge in [0.25, 0.3) is 0 Å². The molecular formula is C22H25FN2O2. The van der Waals surface area contributed by atoms with Crippen LogP contribution in [0.15, 0.2) is 54.6 Å². The highest BCUT2D eigenvalue weighted by Gasteiger charge is 2.26. The molecule has 0 unspecified atom stereocenters. The predicted octanol–water partition coefficient (Wildman–Crippen LogP) is 3.47. The lowest BCUT2D eigenvalue weighted by Crippen LogP contribution is -2.46. The number of hydrogen-bond acceptors (Lipinski definition) is 2. The number of carbonyl (C=O) groups is 2. The summed E-state index contributed by atoms with van der Waals surface area (Å²) in [4.78, 5) is 26.0. The van der Waals surface area contributed by atoms with E-state index in [1.54, 1.807) is 12.1 Å². The fourth-order valence-electron chi connectivity index (χ4n) is 3.67. The molecule has 4 nitrogen and oxygen atoms in total. The van der Waals surface area contributed by atoms with Crippen LogP contribution in [-0.2, 0) is 9.59 Å². The molecule has 1 atom stereocenters. The maximum Gasteiger partial charge on any atom is 0.223 e. The van der Waals surface area contributed by atoms with Crippen molar-refractivity contribution in [2.75, 3.05) is 13.1 Å². The minimum absolute atomic E-state index is 0.0276. The van der Waals surface area contributed by atoms with Gasteiger partial charge in [0.15, 0.2) is 0 Å². The molecule has 5 heteroatoms. The van der Waals surface area contributed by atoms with Crippen molar-refractivity contribution >= 4 is 11.8 Å². The Balaban J connectivity index is 1.70. The van der Waals surface area contributed by atoms with Crippen molar-refractivity contribution in [3.05, 3.63) is 71.5 Å². The van der Waals surface area contributed by atoms with Gasteiger partial charge >= 0.3 is 0 Å². The first-order valence-electron chi connectivity index (χ1n) is 9.38. The van der Waals surface area contributed by atoms with Crippen LogP contribution in [0.4, 0.5) is 4.39 Å². The molecule has 1 aliphatic heterocycles. The Morgan fingerprint density at radius 2 is 1.63 bits per heavy atom. The topological polar surface area (TPSA) is 49.4 Å². The summed E-state index contributed by atoms with van der Waals surface area (Å²) >= 11 is 0. The third-order valence-electron chi connectivity index (χ3n) is 5.11. The molecule has 0 aliphatic carbocycles. The molecule has 1 saturated heterocycles. The van der Waals surface area contributed by atoms with E-state index in [0.29, 0.717) is 19.5 Å². The van der Waals surface area contributed by atoms with Crippen LogP contribution in [-0.4, -0.2) is 35.8 Å². The van der Waals surface area contributed by atoms with Crippen LogP contribution in [0.3, 0.4) is 0 Å². The minimum atomic E-state index is -0.281. The highest BCUT2D eigenvalue weighted by molar-refractivity contribution is 5.78. The summed E-state index contributed by atoms with van der Waals surface area (Å²) in [7, 11) is 0. The van der Waals surface area contributed by atoms with Gasteiger partial charge in [0.1, 0.15) is 5.82 Å². The van der Waals surface area contributed by atoms with Crippen molar-refractivity contribution in [1.29, 1.82) is 0 Å². The number of amides is 2. The van der Waals surface area contributed by atoms with E-state index in [2.05, 4.69) is 5.32 Å². The quantitative estimate of drug-likeness (QED) is 0.878. The molecule has 0 saturated carbocycles. The van der Waals surface area contributed by atoms with Crippen molar-refractivity contribution in [2.24, 2.45) is 0 Å². The van der Waals surface area contributed by atoms with E-state index in [-0.39, 0.29) is 29.6 Å². The summed E-state index contributed by atoms with van der Waals surface area (Å²) in [5.41, 5.74) is 1.98. The number of nitrogens with one attached hydrogen (secondary N) is 1. The fourth-order valence-corrected chi connectivity index (χ4v) is 3.67. The van der Waals surface area contributed by atoms with E-state index >= 15 is 0 Å². The number of piperidine rings is 1. The summed E-state index contributed by atoms with van der Waals surface area (Å²) in [5.74, 6) is -0.320. The van der Waals surface area contributed by atoms with Crippen LogP contribution < -0.4 is 5.32 Å². The molecule has 142 valence electrons. The first-order chi connectivity index (χ1) is 13.0. The summed E-state index contributed by atoms with van der Waals surface area (Å²) in [6.07, 6.45) is 1.90. The molecule has 1 N–H and O–H groups in total. The van der Waals surface area contributed by atoms with Gasteiger partial charge in [-0.2, -0.15) is 0 Å². The van der Waals surface area contributed by atoms with Crippen molar-refractivity contribution in [3.8, 4) is 0 Å². The highest BCUT2D eigenvalue weighted by atomic mass is 19.1. The summed E-state index contributed by atoms with van der Waals surface area (Å²) < 4.78 is 13.3. The van der Waals surface area contributed by atoms with Gasteiger partial charge in [-0.3, -0.25) is 9.59 Å². The monoisotopic (exact) mass is 368 g/mol. The van der Waals surface area contributed by atoms with Gasteiger partial charge in [-0.15, -0.1) is 0 Å². The summed E-state index contributed by atoms with van der Waals surface area (Å²) in [6, 6.07) is 16.4. The second kappa shape index (κ2) is 8.80. The van der Waals surface area contributed by atoms with E-state index in [1.807, 2.05) is 35.2 Å². The number of benzene rings is 2. The van der Waals surface area contributed by atoms with Crippen LogP contribution in [0.25, 0.3) is 0 Å². The molecule has 27 heavy (non-hydrogen) atoms. The van der Waals surface area contributed by atoms with Gasteiger partial charge in [-0.1, -0.05) is 42.5 Å². The molecule has 0 radical (unpaired) electrons. The van der Waals surface area contributed by atoms with Crippen molar-refractivity contribution in [3.63, 3.8) is 0 Å². The Morgan fingerprint density at radius 3 is 2.22 bits per heavy atom. The van der Waals surface area contributed by atoms with Crippen molar-refractivity contribution < 1.29 is 14.0 Å². The van der Waals surface area contributed by atoms with Crippen LogP contribution in [0, 0.1) is 5.82 Å². The Labute approximate surface area is 159 Å². The smallest absolute Gasteiger partial charge is 0.223 e. The molecule has 0 spiro atoms. The number of nitrogens with zero attached hydrogens (tertiary/aromatic N) is 1. The van der Waals surface area contributed by atoms with Crippen LogP contribution >= 0.6 is 0 Å². The van der Waals surface area contributed by atoms with Crippen molar-refractivity contribution in [1.82, 2.24) is 10.2 Å². The molecule has 1 aliphatic rings. The highest BCUT2D eigenvalue weighted by Crippen LogP contribution is 2.29. The average molecular weight is 368 g/mol. The van der Waals surface area contributed by atoms with E-state index in [1.165, 1.54) is 19.1 Å². The molecule has 2 aromatic rings. The molecule has 0 aromatic heterocycles. The first-order valence-corrected chi connectivity index (χ1v) is 9.38. The van der Waals surface area contributed by atoms with E-state index in [0.717, 1.165) is 24.0 Å². The van der Waals surface area contributed by atoms with Crippen LogP contribution in [0.2, 0.25) is 0 Å². The maximum atomic E-state index is 13.3. The third-order valence-corrected chi connectivity index (χ3v) is 5.11. The lowest BCUT2D eigenvalue weighted by Gasteiger charge is -2.33. The van der Waals surface area contributed by atoms with Gasteiger partial charge in [0, 0.05) is 38.4 Å². The van der Waals surface area contributed by atoms with Gasteiger partial charge < -0.3 is 10.2 Å². The lowest BCUT2D eigenvalue weighted by molar-refractivity contribution is -0.132. The normalized spacial score (nSPS) is 16.0. The predicted molar refractivity (Wildman–Crippen MR) is 103 cm³/mol. The van der Waals surface area contributed by atoms with Gasteiger partial charge in [-0.05, 0) is 36.1 Å². The molecule has 2 aromatic carbocycles. The molecule has 0 bridgehead atoms. The third kappa shape index (κ3) is 5.16. The molecular weight excluding hydrogens is 343 g/mol. The van der Waals surface area contributed by atoms with Crippen LogP contribution in [0.1, 0.15) is 43.2 Å². The molecule has 1 fully saturated rings. The van der Waals surface area contributed by atoms with E-state index < -0.39 is 0 Å². The molecule has 1 heterocycles. The Bertz CT molecular complexity index is 769. The van der Waals surface area contributed by atoms with E-state index in [4.69, 9.17) is 0 Å². The number of hydrogen-bond donors (Lipinski definition) is 1. The standard InChI is InChI=1S/C22H25FN2O2/c1-16(26)24-20-11-13-25(14-12-20)22(27)15-21(17-5-3-2-4-6-17)18-7-9-19(23)10-8-18/h2-10,20-21H,11-15H2,1H3,(H,24,26)/t21-/m0/s1. The fraction of sp³-hybridized carbons (Fsp3) is 0.364. The zero-order valence-electron chi connectivity index (χ0n) is 15.5. The average Bonchev–Trinajstić information content (AvgIpc) is 2.67. The zero-order valence-corrected chi connectivity index (χ0v) is 15.5. The number of likely N-dealkylation sites (tertiary alicyclic amines) is 1. The van der Waals surface area contributed by atoms with Gasteiger partial charge in [-0.25, -0.2) is 4.39 Å². The Morgan fingerprint density at radius 1 is 1.04 bits per heavy atom. The summed E-state index contributed by atoms with van der Waals surface area (Å²) in [6.45, 7) is 2.81. The van der Waals surface area contributed by atoms with Crippen molar-refractivity contribution in [2.45, 2.75) is 38.1 Å². The van der Waals surface area contributed by atoms with E-state index in [9.17, 15) is 14.0 Å². The first kappa shape index (κ1) is 19.1. The zero-order chi connectivity index (χ0) is 19.2. The second-order valence-electron chi connectivity index (χ2n) is 7.07. The lowest BCUT2D eigenvalue weighted by atomic mass is 9.88.